The molecule has 0 aromatic heterocycles. The number of hydrogen-bond acceptors (Lipinski definition) is 5. The van der Waals surface area contributed by atoms with Crippen molar-refractivity contribution in [3.05, 3.63) is 23.8 Å². The van der Waals surface area contributed by atoms with Gasteiger partial charge in [-0.3, -0.25) is 0 Å². The van der Waals surface area contributed by atoms with Gasteiger partial charge in [-0.15, -0.1) is 0 Å². The summed E-state index contributed by atoms with van der Waals surface area (Å²) in [6.45, 7) is 1.20. The van der Waals surface area contributed by atoms with E-state index in [1.54, 1.807) is 12.1 Å². The van der Waals surface area contributed by atoms with Crippen LogP contribution < -0.4 is 9.47 Å². The number of ether oxygens (including phenoxy) is 4. The van der Waals surface area contributed by atoms with Crippen LogP contribution in [0.3, 0.4) is 0 Å². The first-order valence-corrected chi connectivity index (χ1v) is 5.46. The van der Waals surface area contributed by atoms with Gasteiger partial charge in [0, 0.05) is 5.56 Å². The summed E-state index contributed by atoms with van der Waals surface area (Å²) in [4.78, 5) is 10.8. The zero-order valence-electron chi connectivity index (χ0n) is 9.18. The third-order valence-electron chi connectivity index (χ3n) is 2.92. The minimum absolute atomic E-state index is 0.173. The third-order valence-corrected chi connectivity index (χ3v) is 2.92. The zero-order valence-corrected chi connectivity index (χ0v) is 9.18. The van der Waals surface area contributed by atoms with E-state index in [0.29, 0.717) is 24.7 Å². The van der Waals surface area contributed by atoms with Crippen molar-refractivity contribution in [1.82, 2.24) is 0 Å². The van der Waals surface area contributed by atoms with E-state index in [1.807, 2.05) is 6.07 Å². The Morgan fingerprint density at radius 1 is 1.18 bits per heavy atom. The molecule has 0 amide bonds. The standard InChI is InChI=1S/C12H12O5/c13-4-3-12(16-5-6-17-12)9-1-2-10-11(7-9)15-8-14-10/h1-2,4,7H,3,5-6,8H2. The van der Waals surface area contributed by atoms with Gasteiger partial charge in [0.25, 0.3) is 0 Å². The highest BCUT2D eigenvalue weighted by Crippen LogP contribution is 2.40. The molecule has 5 heteroatoms. The van der Waals surface area contributed by atoms with E-state index in [2.05, 4.69) is 0 Å². The van der Waals surface area contributed by atoms with E-state index < -0.39 is 5.79 Å². The predicted molar refractivity (Wildman–Crippen MR) is 56.8 cm³/mol. The van der Waals surface area contributed by atoms with Crippen LogP contribution in [0.2, 0.25) is 0 Å². The van der Waals surface area contributed by atoms with Gasteiger partial charge in [0.05, 0.1) is 19.6 Å². The van der Waals surface area contributed by atoms with Crippen LogP contribution in [0.1, 0.15) is 12.0 Å². The average Bonchev–Trinajstić information content (AvgIpc) is 2.96. The molecule has 0 aliphatic carbocycles. The second kappa shape index (κ2) is 4.01. The molecule has 5 nitrogen and oxygen atoms in total. The van der Waals surface area contributed by atoms with Crippen LogP contribution in [-0.4, -0.2) is 26.3 Å². The summed E-state index contributed by atoms with van der Waals surface area (Å²) in [7, 11) is 0. The van der Waals surface area contributed by atoms with Crippen molar-refractivity contribution in [2.45, 2.75) is 12.2 Å². The second-order valence-electron chi connectivity index (χ2n) is 3.89. The lowest BCUT2D eigenvalue weighted by atomic mass is 10.0. The fourth-order valence-electron chi connectivity index (χ4n) is 2.10. The van der Waals surface area contributed by atoms with E-state index in [-0.39, 0.29) is 13.2 Å². The molecule has 1 saturated heterocycles. The van der Waals surface area contributed by atoms with Gasteiger partial charge in [-0.2, -0.15) is 0 Å². The summed E-state index contributed by atoms with van der Waals surface area (Å²) in [6, 6.07) is 5.44. The SMILES string of the molecule is O=CCC1(c2ccc3c(c2)OCO3)OCCO1. The summed E-state index contributed by atoms with van der Waals surface area (Å²) in [5.74, 6) is 0.405. The highest BCUT2D eigenvalue weighted by atomic mass is 16.7. The van der Waals surface area contributed by atoms with E-state index in [4.69, 9.17) is 18.9 Å². The molecular formula is C12H12O5. The van der Waals surface area contributed by atoms with E-state index in [9.17, 15) is 4.79 Å². The summed E-state index contributed by atoms with van der Waals surface area (Å²) < 4.78 is 21.7. The third kappa shape index (κ3) is 1.67. The van der Waals surface area contributed by atoms with Gasteiger partial charge in [-0.05, 0) is 18.2 Å². The number of carbonyl (C=O) groups is 1. The van der Waals surface area contributed by atoms with Crippen LogP contribution in [0.25, 0.3) is 0 Å². The van der Waals surface area contributed by atoms with Crippen LogP contribution in [0, 0.1) is 0 Å². The van der Waals surface area contributed by atoms with E-state index >= 15 is 0 Å². The Labute approximate surface area is 98.2 Å². The number of carbonyl (C=O) groups excluding carboxylic acids is 1. The predicted octanol–water partition coefficient (Wildman–Crippen LogP) is 1.20. The van der Waals surface area contributed by atoms with Gasteiger partial charge in [0.1, 0.15) is 6.29 Å². The van der Waals surface area contributed by atoms with Gasteiger partial charge in [0.15, 0.2) is 11.5 Å². The highest BCUT2D eigenvalue weighted by molar-refractivity contribution is 5.54. The summed E-state index contributed by atoms with van der Waals surface area (Å²) in [5, 5.41) is 0. The molecule has 0 saturated carbocycles. The molecule has 1 aromatic carbocycles. The topological polar surface area (TPSA) is 54.0 Å². The maximum atomic E-state index is 10.8. The van der Waals surface area contributed by atoms with Crippen molar-refractivity contribution in [3.63, 3.8) is 0 Å². The second-order valence-corrected chi connectivity index (χ2v) is 3.89. The number of benzene rings is 1. The Morgan fingerprint density at radius 3 is 2.71 bits per heavy atom. The molecule has 2 heterocycles. The first-order valence-electron chi connectivity index (χ1n) is 5.46. The smallest absolute Gasteiger partial charge is 0.231 e. The first kappa shape index (κ1) is 10.6. The molecule has 90 valence electrons. The zero-order chi connectivity index (χ0) is 11.7. The molecule has 2 aliphatic rings. The number of fused-ring (bicyclic) bond motifs is 1. The van der Waals surface area contributed by atoms with Gasteiger partial charge < -0.3 is 23.7 Å². The lowest BCUT2D eigenvalue weighted by Gasteiger charge is -2.25. The Morgan fingerprint density at radius 2 is 1.94 bits per heavy atom. The van der Waals surface area contributed by atoms with Crippen molar-refractivity contribution < 1.29 is 23.7 Å². The van der Waals surface area contributed by atoms with Gasteiger partial charge >= 0.3 is 0 Å². The monoisotopic (exact) mass is 236 g/mol. The van der Waals surface area contributed by atoms with Crippen LogP contribution in [0.5, 0.6) is 11.5 Å². The fraction of sp³-hybridized carbons (Fsp3) is 0.417. The molecular weight excluding hydrogens is 224 g/mol. The lowest BCUT2D eigenvalue weighted by molar-refractivity contribution is -0.171. The lowest BCUT2D eigenvalue weighted by Crippen LogP contribution is -2.27. The Bertz CT molecular complexity index is 437. The van der Waals surface area contributed by atoms with Gasteiger partial charge in [0.2, 0.25) is 12.6 Å². The molecule has 0 radical (unpaired) electrons. The van der Waals surface area contributed by atoms with E-state index in [1.165, 1.54) is 0 Å². The molecule has 0 bridgehead atoms. The molecule has 0 unspecified atom stereocenters. The Balaban J connectivity index is 1.98. The highest BCUT2D eigenvalue weighted by Gasteiger charge is 2.39. The van der Waals surface area contributed by atoms with Crippen LogP contribution >= 0.6 is 0 Å². The minimum Gasteiger partial charge on any atom is -0.454 e. The Kier molecular flexibility index (Phi) is 2.49. The average molecular weight is 236 g/mol. The summed E-state index contributed by atoms with van der Waals surface area (Å²) >= 11 is 0. The van der Waals surface area contributed by atoms with Gasteiger partial charge in [-0.1, -0.05) is 0 Å². The maximum absolute atomic E-state index is 10.8. The largest absolute Gasteiger partial charge is 0.454 e. The Hall–Kier alpha value is -1.59. The first-order chi connectivity index (χ1) is 8.34. The summed E-state index contributed by atoms with van der Waals surface area (Å²) in [6.07, 6.45) is 0.975. The molecule has 0 N–H and O–H groups in total. The van der Waals surface area contributed by atoms with Crippen molar-refractivity contribution in [3.8, 4) is 11.5 Å². The molecule has 1 aromatic rings. The number of rotatable bonds is 3. The number of hydrogen-bond donors (Lipinski definition) is 0. The fourth-order valence-corrected chi connectivity index (χ4v) is 2.10. The van der Waals surface area contributed by atoms with E-state index in [0.717, 1.165) is 11.8 Å². The van der Waals surface area contributed by atoms with Crippen LogP contribution in [0.4, 0.5) is 0 Å². The molecule has 0 spiro atoms. The quantitative estimate of drug-likeness (QED) is 0.738. The van der Waals surface area contributed by atoms with Crippen molar-refractivity contribution in [1.29, 1.82) is 0 Å². The van der Waals surface area contributed by atoms with Crippen LogP contribution in [-0.2, 0) is 20.1 Å². The van der Waals surface area contributed by atoms with Gasteiger partial charge in [-0.25, -0.2) is 0 Å². The molecule has 1 fully saturated rings. The van der Waals surface area contributed by atoms with Crippen molar-refractivity contribution >= 4 is 6.29 Å². The van der Waals surface area contributed by atoms with Crippen LogP contribution in [0.15, 0.2) is 18.2 Å². The molecule has 17 heavy (non-hydrogen) atoms. The van der Waals surface area contributed by atoms with Crippen molar-refractivity contribution in [2.24, 2.45) is 0 Å². The number of aldehydes is 1. The summed E-state index contributed by atoms with van der Waals surface area (Å²) in [5.41, 5.74) is 0.784. The minimum atomic E-state index is -0.956. The van der Waals surface area contributed by atoms with Crippen molar-refractivity contribution in [2.75, 3.05) is 20.0 Å². The molecule has 3 rings (SSSR count). The normalized spacial score (nSPS) is 20.5. The maximum Gasteiger partial charge on any atom is 0.231 e. The molecule has 2 aliphatic heterocycles. The molecule has 0 atom stereocenters.